The predicted octanol–water partition coefficient (Wildman–Crippen LogP) is 6.86. The van der Waals surface area contributed by atoms with Crippen LogP contribution in [-0.4, -0.2) is 32.7 Å². The van der Waals surface area contributed by atoms with E-state index in [9.17, 15) is 4.79 Å². The standard InChI is InChI=1S/C25H39NO3Si/c1-18(20-16-12-14-19-13-10-11-15-21(19)20)22(26-23(27)29-24(2,3)4)17-28-30(8,9)25(5,6)7/h10-16,18,22H,17H2,1-9H3,(H,26,27)/t18-,22+/m0/s1. The number of rotatable bonds is 6. The summed E-state index contributed by atoms with van der Waals surface area (Å²) in [7, 11) is -1.96. The zero-order valence-corrected chi connectivity index (χ0v) is 21.1. The van der Waals surface area contributed by atoms with Crippen molar-refractivity contribution in [3.05, 3.63) is 48.0 Å². The number of fused-ring (bicyclic) bond motifs is 1. The molecule has 5 heteroatoms. The fourth-order valence-corrected chi connectivity index (χ4v) is 4.18. The Balaban J connectivity index is 2.32. The molecular weight excluding hydrogens is 390 g/mol. The number of hydrogen-bond acceptors (Lipinski definition) is 3. The highest BCUT2D eigenvalue weighted by Gasteiger charge is 2.38. The van der Waals surface area contributed by atoms with Crippen molar-refractivity contribution in [1.29, 1.82) is 0 Å². The molecule has 2 aromatic carbocycles. The highest BCUT2D eigenvalue weighted by Crippen LogP contribution is 2.37. The van der Waals surface area contributed by atoms with Gasteiger partial charge in [-0.15, -0.1) is 0 Å². The quantitative estimate of drug-likeness (QED) is 0.510. The Kier molecular flexibility index (Phi) is 7.41. The molecule has 0 aliphatic carbocycles. The Morgan fingerprint density at radius 3 is 2.20 bits per heavy atom. The monoisotopic (exact) mass is 429 g/mol. The fraction of sp³-hybridized carbons (Fsp3) is 0.560. The molecule has 0 aromatic heterocycles. The first-order valence-corrected chi connectivity index (χ1v) is 13.7. The van der Waals surface area contributed by atoms with Crippen LogP contribution in [0.15, 0.2) is 42.5 Å². The molecule has 0 radical (unpaired) electrons. The van der Waals surface area contributed by atoms with Crippen LogP contribution in [-0.2, 0) is 9.16 Å². The van der Waals surface area contributed by atoms with E-state index < -0.39 is 20.0 Å². The number of ether oxygens (including phenoxy) is 1. The lowest BCUT2D eigenvalue weighted by molar-refractivity contribution is 0.0476. The first-order chi connectivity index (χ1) is 13.7. The van der Waals surface area contributed by atoms with Crippen LogP contribution in [0.4, 0.5) is 4.79 Å². The van der Waals surface area contributed by atoms with Crippen molar-refractivity contribution in [2.45, 2.75) is 84.2 Å². The lowest BCUT2D eigenvalue weighted by Gasteiger charge is -2.38. The average molecular weight is 430 g/mol. The van der Waals surface area contributed by atoms with E-state index in [4.69, 9.17) is 9.16 Å². The number of alkyl carbamates (subject to hydrolysis) is 1. The Morgan fingerprint density at radius 2 is 1.60 bits per heavy atom. The minimum absolute atomic E-state index is 0.0633. The Labute approximate surface area is 183 Å². The van der Waals surface area contributed by atoms with Crippen molar-refractivity contribution >= 4 is 25.2 Å². The first-order valence-electron chi connectivity index (χ1n) is 10.8. The van der Waals surface area contributed by atoms with Gasteiger partial charge in [0.05, 0.1) is 12.6 Å². The summed E-state index contributed by atoms with van der Waals surface area (Å²) in [6, 6.07) is 14.5. The number of amides is 1. The summed E-state index contributed by atoms with van der Waals surface area (Å²) in [5, 5.41) is 5.60. The third kappa shape index (κ3) is 6.32. The fourth-order valence-electron chi connectivity index (χ4n) is 3.15. The summed E-state index contributed by atoms with van der Waals surface area (Å²) in [4.78, 5) is 12.6. The van der Waals surface area contributed by atoms with Crippen LogP contribution in [0.2, 0.25) is 18.1 Å². The van der Waals surface area contributed by atoms with Gasteiger partial charge in [0.2, 0.25) is 0 Å². The van der Waals surface area contributed by atoms with E-state index in [0.29, 0.717) is 6.61 Å². The molecule has 4 nitrogen and oxygen atoms in total. The van der Waals surface area contributed by atoms with Gasteiger partial charge in [-0.1, -0.05) is 70.2 Å². The summed E-state index contributed by atoms with van der Waals surface area (Å²) < 4.78 is 12.1. The van der Waals surface area contributed by atoms with Crippen LogP contribution in [0.25, 0.3) is 10.8 Å². The molecular formula is C25H39NO3Si. The van der Waals surface area contributed by atoms with Crippen LogP contribution in [0.5, 0.6) is 0 Å². The lowest BCUT2D eigenvalue weighted by atomic mass is 9.89. The molecule has 0 saturated carbocycles. The molecule has 2 aromatic rings. The Morgan fingerprint density at radius 1 is 1.00 bits per heavy atom. The van der Waals surface area contributed by atoms with E-state index in [1.165, 1.54) is 16.3 Å². The van der Waals surface area contributed by atoms with Gasteiger partial charge in [0.1, 0.15) is 5.60 Å². The molecule has 1 N–H and O–H groups in total. The highest BCUT2D eigenvalue weighted by atomic mass is 28.4. The van der Waals surface area contributed by atoms with Crippen LogP contribution in [0, 0.1) is 0 Å². The topological polar surface area (TPSA) is 47.6 Å². The van der Waals surface area contributed by atoms with E-state index in [0.717, 1.165) is 0 Å². The summed E-state index contributed by atoms with van der Waals surface area (Å²) in [6.45, 7) is 19.4. The van der Waals surface area contributed by atoms with E-state index >= 15 is 0 Å². The molecule has 0 spiro atoms. The third-order valence-corrected chi connectivity index (χ3v) is 10.6. The Bertz CT molecular complexity index is 859. The van der Waals surface area contributed by atoms with Crippen molar-refractivity contribution in [3.63, 3.8) is 0 Å². The summed E-state index contributed by atoms with van der Waals surface area (Å²) in [5.74, 6) is 0.0633. The largest absolute Gasteiger partial charge is 0.444 e. The number of carbonyl (C=O) groups is 1. The molecule has 0 fully saturated rings. The van der Waals surface area contributed by atoms with Crippen molar-refractivity contribution < 1.29 is 14.0 Å². The second kappa shape index (κ2) is 9.11. The van der Waals surface area contributed by atoms with Crippen LogP contribution < -0.4 is 5.32 Å². The van der Waals surface area contributed by atoms with Gasteiger partial charge in [0.15, 0.2) is 8.32 Å². The van der Waals surface area contributed by atoms with Crippen molar-refractivity contribution in [2.24, 2.45) is 0 Å². The summed E-state index contributed by atoms with van der Waals surface area (Å²) >= 11 is 0. The molecule has 0 aliphatic rings. The molecule has 166 valence electrons. The summed E-state index contributed by atoms with van der Waals surface area (Å²) in [5.41, 5.74) is 0.658. The molecule has 1 amide bonds. The average Bonchev–Trinajstić information content (AvgIpc) is 2.61. The predicted molar refractivity (Wildman–Crippen MR) is 129 cm³/mol. The van der Waals surface area contributed by atoms with E-state index in [1.54, 1.807) is 0 Å². The van der Waals surface area contributed by atoms with Gasteiger partial charge in [-0.3, -0.25) is 0 Å². The minimum atomic E-state index is -1.96. The van der Waals surface area contributed by atoms with Gasteiger partial charge in [0, 0.05) is 5.92 Å². The zero-order chi connectivity index (χ0) is 22.7. The molecule has 2 rings (SSSR count). The summed E-state index contributed by atoms with van der Waals surface area (Å²) in [6.07, 6.45) is -0.404. The highest BCUT2D eigenvalue weighted by molar-refractivity contribution is 6.74. The second-order valence-electron chi connectivity index (χ2n) is 10.7. The van der Waals surface area contributed by atoms with Crippen LogP contribution >= 0.6 is 0 Å². The molecule has 30 heavy (non-hydrogen) atoms. The van der Waals surface area contributed by atoms with Gasteiger partial charge >= 0.3 is 6.09 Å². The van der Waals surface area contributed by atoms with Crippen molar-refractivity contribution in [3.8, 4) is 0 Å². The van der Waals surface area contributed by atoms with Gasteiger partial charge < -0.3 is 14.5 Å². The molecule has 2 atom stereocenters. The van der Waals surface area contributed by atoms with Crippen LogP contribution in [0.1, 0.15) is 59.9 Å². The SMILES string of the molecule is C[C@@H](c1cccc2ccccc12)[C@@H](CO[Si](C)(C)C(C)(C)C)NC(=O)OC(C)(C)C. The maximum absolute atomic E-state index is 12.6. The normalized spacial score (nSPS) is 15.0. The number of hydrogen-bond donors (Lipinski definition) is 1. The molecule has 0 saturated heterocycles. The lowest BCUT2D eigenvalue weighted by Crippen LogP contribution is -2.48. The van der Waals surface area contributed by atoms with Gasteiger partial charge in [0.25, 0.3) is 0 Å². The maximum atomic E-state index is 12.6. The number of nitrogens with one attached hydrogen (secondary N) is 1. The van der Waals surface area contributed by atoms with E-state index in [1.807, 2.05) is 26.8 Å². The Hall–Kier alpha value is -1.85. The zero-order valence-electron chi connectivity index (χ0n) is 20.1. The van der Waals surface area contributed by atoms with Gasteiger partial charge in [-0.25, -0.2) is 4.79 Å². The molecule has 0 unspecified atom stereocenters. The van der Waals surface area contributed by atoms with Crippen molar-refractivity contribution in [1.82, 2.24) is 5.32 Å². The van der Waals surface area contributed by atoms with Crippen molar-refractivity contribution in [2.75, 3.05) is 6.61 Å². The molecule has 0 bridgehead atoms. The van der Waals surface area contributed by atoms with Crippen LogP contribution in [0.3, 0.4) is 0 Å². The van der Waals surface area contributed by atoms with E-state index in [-0.39, 0.29) is 17.0 Å². The number of benzene rings is 2. The first kappa shape index (κ1) is 24.4. The second-order valence-corrected chi connectivity index (χ2v) is 15.5. The third-order valence-electron chi connectivity index (χ3n) is 6.05. The maximum Gasteiger partial charge on any atom is 0.407 e. The smallest absolute Gasteiger partial charge is 0.407 e. The number of carbonyl (C=O) groups excluding carboxylic acids is 1. The van der Waals surface area contributed by atoms with Gasteiger partial charge in [-0.2, -0.15) is 0 Å². The van der Waals surface area contributed by atoms with E-state index in [2.05, 4.69) is 82.5 Å². The minimum Gasteiger partial charge on any atom is -0.444 e. The van der Waals surface area contributed by atoms with Gasteiger partial charge in [-0.05, 0) is 55.2 Å². The molecule has 0 heterocycles. The molecule has 0 aliphatic heterocycles.